The Morgan fingerprint density at radius 1 is 1.05 bits per heavy atom. The molecule has 10 heteroatoms. The van der Waals surface area contributed by atoms with Crippen molar-refractivity contribution in [3.05, 3.63) is 71.4 Å². The third-order valence-electron chi connectivity index (χ3n) is 9.18. The first kappa shape index (κ1) is 26.9. The van der Waals surface area contributed by atoms with Crippen molar-refractivity contribution in [2.24, 2.45) is 16.5 Å². The molecule has 2 fully saturated rings. The first-order valence-corrected chi connectivity index (χ1v) is 14.5. The van der Waals surface area contributed by atoms with Crippen LogP contribution in [0.15, 0.2) is 59.7 Å². The largest absolute Gasteiger partial charge is 0.370 e. The summed E-state index contributed by atoms with van der Waals surface area (Å²) in [6, 6.07) is 14.3. The Morgan fingerprint density at radius 2 is 1.80 bits per heavy atom. The van der Waals surface area contributed by atoms with Crippen molar-refractivity contribution in [2.75, 3.05) is 19.6 Å². The smallest absolute Gasteiger partial charge is 0.325 e. The number of likely N-dealkylation sites (tertiary alicyclic amines) is 1. The summed E-state index contributed by atoms with van der Waals surface area (Å²) < 4.78 is 0. The summed E-state index contributed by atoms with van der Waals surface area (Å²) in [5.74, 6) is -0.570. The minimum Gasteiger partial charge on any atom is -0.370 e. The van der Waals surface area contributed by atoms with Gasteiger partial charge in [-0.2, -0.15) is 0 Å². The van der Waals surface area contributed by atoms with Crippen LogP contribution in [-0.4, -0.2) is 70.3 Å². The summed E-state index contributed by atoms with van der Waals surface area (Å²) in [4.78, 5) is 51.3. The lowest BCUT2D eigenvalue weighted by Gasteiger charge is -2.42. The van der Waals surface area contributed by atoms with Gasteiger partial charge in [-0.15, -0.1) is 0 Å². The molecule has 3 aliphatic rings. The number of nitrogens with two attached hydrogens (primary N) is 2. The number of aliphatic imine (C=N–C) groups is 1. The molecule has 1 aliphatic carbocycles. The SMILES string of the molecule is NC(N)=NCCC[C@H]1NC(=O)N([C@H](Cc2c[nH]c3ccccc23)C(=O)N2CCC3(CCc4ccccc43)CC2)C1=O. The first-order chi connectivity index (χ1) is 19.9. The Kier molecular flexibility index (Phi) is 7.15. The van der Waals surface area contributed by atoms with Crippen LogP contribution in [0.5, 0.6) is 0 Å². The third-order valence-corrected chi connectivity index (χ3v) is 9.18. The van der Waals surface area contributed by atoms with Gasteiger partial charge < -0.3 is 26.7 Å². The lowest BCUT2D eigenvalue weighted by atomic mass is 9.73. The van der Waals surface area contributed by atoms with E-state index in [0.29, 0.717) is 32.5 Å². The van der Waals surface area contributed by atoms with Gasteiger partial charge in [0.2, 0.25) is 5.91 Å². The van der Waals surface area contributed by atoms with Gasteiger partial charge in [-0.25, -0.2) is 9.69 Å². The van der Waals surface area contributed by atoms with Crippen LogP contribution in [0.25, 0.3) is 10.9 Å². The van der Waals surface area contributed by atoms with Gasteiger partial charge in [0.05, 0.1) is 0 Å². The van der Waals surface area contributed by atoms with Crippen LogP contribution in [0.1, 0.15) is 48.8 Å². The van der Waals surface area contributed by atoms with Crippen LogP contribution in [-0.2, 0) is 27.8 Å². The molecular formula is C31H37N7O3. The Morgan fingerprint density at radius 3 is 2.61 bits per heavy atom. The quantitative estimate of drug-likeness (QED) is 0.146. The number of piperidine rings is 1. The molecule has 10 nitrogen and oxygen atoms in total. The molecule has 1 spiro atoms. The van der Waals surface area contributed by atoms with Gasteiger partial charge in [-0.1, -0.05) is 42.5 Å². The van der Waals surface area contributed by atoms with Gasteiger partial charge in [0.15, 0.2) is 5.96 Å². The minimum atomic E-state index is -0.936. The Labute approximate surface area is 239 Å². The second-order valence-electron chi connectivity index (χ2n) is 11.5. The summed E-state index contributed by atoms with van der Waals surface area (Å²) >= 11 is 0. The molecule has 0 saturated carbocycles. The van der Waals surface area contributed by atoms with Crippen molar-refractivity contribution < 1.29 is 14.4 Å². The van der Waals surface area contributed by atoms with E-state index in [1.807, 2.05) is 35.4 Å². The fourth-order valence-electron chi connectivity index (χ4n) is 6.99. The monoisotopic (exact) mass is 555 g/mol. The number of fused-ring (bicyclic) bond motifs is 3. The van der Waals surface area contributed by atoms with Gasteiger partial charge in [-0.3, -0.25) is 14.6 Å². The van der Waals surface area contributed by atoms with Gasteiger partial charge in [-0.05, 0) is 66.7 Å². The van der Waals surface area contributed by atoms with E-state index in [9.17, 15) is 14.4 Å². The highest BCUT2D eigenvalue weighted by molar-refractivity contribution is 6.07. The fourth-order valence-corrected chi connectivity index (χ4v) is 6.99. The molecule has 6 rings (SSSR count). The van der Waals surface area contributed by atoms with E-state index in [-0.39, 0.29) is 29.6 Å². The minimum absolute atomic E-state index is 0.0118. The lowest BCUT2D eigenvalue weighted by Crippen LogP contribution is -2.55. The zero-order valence-corrected chi connectivity index (χ0v) is 23.1. The van der Waals surface area contributed by atoms with Crippen LogP contribution in [0.2, 0.25) is 0 Å². The van der Waals surface area contributed by atoms with Crippen molar-refractivity contribution in [1.29, 1.82) is 0 Å². The Hall–Kier alpha value is -4.34. The molecule has 41 heavy (non-hydrogen) atoms. The number of hydrogen-bond donors (Lipinski definition) is 4. The topological polar surface area (TPSA) is 150 Å². The molecule has 2 saturated heterocycles. The normalized spacial score (nSPS) is 20.3. The zero-order valence-electron chi connectivity index (χ0n) is 23.1. The molecule has 2 aliphatic heterocycles. The van der Waals surface area contributed by atoms with Gasteiger partial charge in [0.25, 0.3) is 5.91 Å². The molecule has 3 aromatic rings. The first-order valence-electron chi connectivity index (χ1n) is 14.5. The third kappa shape index (κ3) is 5.03. The highest BCUT2D eigenvalue weighted by Crippen LogP contribution is 2.46. The number of carbonyl (C=O) groups excluding carboxylic acids is 3. The number of aryl methyl sites for hydroxylation is 1. The Bertz CT molecular complexity index is 1500. The molecule has 1 aromatic heterocycles. The predicted molar refractivity (Wildman–Crippen MR) is 157 cm³/mol. The predicted octanol–water partition coefficient (Wildman–Crippen LogP) is 2.56. The average molecular weight is 556 g/mol. The van der Waals surface area contributed by atoms with Crippen molar-refractivity contribution in [2.45, 2.75) is 62.4 Å². The van der Waals surface area contributed by atoms with Crippen LogP contribution in [0.4, 0.5) is 4.79 Å². The molecule has 2 atom stereocenters. The van der Waals surface area contributed by atoms with E-state index in [2.05, 4.69) is 39.6 Å². The Balaban J connectivity index is 1.23. The number of benzene rings is 2. The van der Waals surface area contributed by atoms with Gasteiger partial charge in [0.1, 0.15) is 12.1 Å². The number of urea groups is 1. The highest BCUT2D eigenvalue weighted by Gasteiger charge is 2.47. The molecule has 2 aromatic carbocycles. The average Bonchev–Trinajstić information content (AvgIpc) is 3.64. The number of aromatic amines is 1. The molecule has 0 unspecified atom stereocenters. The maximum absolute atomic E-state index is 14.2. The highest BCUT2D eigenvalue weighted by atomic mass is 16.2. The molecular weight excluding hydrogens is 518 g/mol. The van der Waals surface area contributed by atoms with E-state index < -0.39 is 18.1 Å². The van der Waals surface area contributed by atoms with Gasteiger partial charge >= 0.3 is 6.03 Å². The number of hydrogen-bond acceptors (Lipinski definition) is 4. The second kappa shape index (κ2) is 10.9. The van der Waals surface area contributed by atoms with Crippen molar-refractivity contribution >= 4 is 34.7 Å². The van der Waals surface area contributed by atoms with E-state index in [4.69, 9.17) is 11.5 Å². The fraction of sp³-hybridized carbons (Fsp3) is 0.419. The number of imide groups is 1. The molecule has 214 valence electrons. The van der Waals surface area contributed by atoms with E-state index in [0.717, 1.165) is 47.0 Å². The standard InChI is InChI=1S/C31H37N7O3/c32-29(33)34-15-5-10-25-27(39)38(30(41)36-25)26(18-21-19-35-24-9-4-2-7-22(21)24)28(40)37-16-13-31(14-17-37)12-11-20-6-1-3-8-23(20)31/h1-4,6-9,19,25-26,35H,5,10-18H2,(H,36,41)(H4,32,33,34)/t25-,26-/m1/s1. The zero-order chi connectivity index (χ0) is 28.6. The van der Waals surface area contributed by atoms with E-state index >= 15 is 0 Å². The summed E-state index contributed by atoms with van der Waals surface area (Å²) in [6.07, 6.45) is 6.95. The number of guanidine groups is 1. The maximum atomic E-state index is 14.2. The molecule has 0 bridgehead atoms. The number of rotatable bonds is 8. The molecule has 6 N–H and O–H groups in total. The summed E-state index contributed by atoms with van der Waals surface area (Å²) in [5.41, 5.74) is 15.6. The van der Waals surface area contributed by atoms with Crippen LogP contribution >= 0.6 is 0 Å². The number of para-hydroxylation sites is 1. The number of nitrogens with zero attached hydrogens (tertiary/aromatic N) is 3. The molecule has 4 amide bonds. The number of H-pyrrole nitrogens is 1. The number of carbonyl (C=O) groups is 3. The molecule has 0 radical (unpaired) electrons. The summed E-state index contributed by atoms with van der Waals surface area (Å²) in [5, 5.41) is 3.77. The van der Waals surface area contributed by atoms with E-state index in [1.54, 1.807) is 0 Å². The molecule has 3 heterocycles. The van der Waals surface area contributed by atoms with Crippen molar-refractivity contribution in [3.8, 4) is 0 Å². The van der Waals surface area contributed by atoms with Crippen LogP contribution < -0.4 is 16.8 Å². The number of amides is 4. The van der Waals surface area contributed by atoms with E-state index in [1.165, 1.54) is 11.1 Å². The maximum Gasteiger partial charge on any atom is 0.325 e. The van der Waals surface area contributed by atoms with Crippen LogP contribution in [0.3, 0.4) is 0 Å². The van der Waals surface area contributed by atoms with Crippen molar-refractivity contribution in [3.63, 3.8) is 0 Å². The summed E-state index contributed by atoms with van der Waals surface area (Å²) in [6.45, 7) is 1.56. The van der Waals surface area contributed by atoms with Crippen LogP contribution in [0, 0.1) is 0 Å². The van der Waals surface area contributed by atoms with Crippen molar-refractivity contribution in [1.82, 2.24) is 20.1 Å². The second-order valence-corrected chi connectivity index (χ2v) is 11.5. The van der Waals surface area contributed by atoms with Gasteiger partial charge in [0, 0.05) is 43.2 Å². The summed E-state index contributed by atoms with van der Waals surface area (Å²) in [7, 11) is 0. The number of aromatic nitrogens is 1. The lowest BCUT2D eigenvalue weighted by molar-refractivity contribution is -0.143. The number of nitrogens with one attached hydrogen (secondary N) is 2.